The van der Waals surface area contributed by atoms with E-state index < -0.39 is 11.5 Å². The third kappa shape index (κ3) is 4.22. The molecule has 0 unspecified atom stereocenters. The number of carbonyl (C=O) groups excluding carboxylic acids is 1. The summed E-state index contributed by atoms with van der Waals surface area (Å²) in [5.74, 6) is -1.14. The molecule has 2 N–H and O–H groups in total. The van der Waals surface area contributed by atoms with E-state index in [9.17, 15) is 9.59 Å². The Kier molecular flexibility index (Phi) is 5.25. The van der Waals surface area contributed by atoms with E-state index in [1.54, 1.807) is 23.9 Å². The molecule has 0 aromatic heterocycles. The molecule has 0 atom stereocenters. The van der Waals surface area contributed by atoms with Gasteiger partial charge in [-0.1, -0.05) is 0 Å². The molecule has 0 radical (unpaired) electrons. The molecular weight excluding hydrogens is 290 g/mol. The van der Waals surface area contributed by atoms with Crippen molar-refractivity contribution in [2.45, 2.75) is 29.7 Å². The molecule has 114 valence electrons. The topological polar surface area (TPSA) is 75.6 Å². The molecule has 1 aromatic carbocycles. The van der Waals surface area contributed by atoms with Crippen LogP contribution in [0.3, 0.4) is 0 Å². The second kappa shape index (κ2) is 6.95. The van der Waals surface area contributed by atoms with Crippen LogP contribution in [0.5, 0.6) is 0 Å². The normalized spacial score (nSPS) is 17.2. The SMILES string of the molecule is CSc1ccc(C(=O)NC2(CC(=O)O)CCOCC2)cc1. The number of ether oxygens (including phenoxy) is 1. The van der Waals surface area contributed by atoms with Crippen molar-refractivity contribution in [1.29, 1.82) is 0 Å². The Morgan fingerprint density at radius 3 is 2.43 bits per heavy atom. The average Bonchev–Trinajstić information content (AvgIpc) is 2.47. The fourth-order valence-electron chi connectivity index (χ4n) is 2.45. The molecule has 1 aliphatic rings. The van der Waals surface area contributed by atoms with Crippen molar-refractivity contribution in [3.8, 4) is 0 Å². The van der Waals surface area contributed by atoms with Crippen LogP contribution in [-0.2, 0) is 9.53 Å². The molecule has 0 spiro atoms. The number of nitrogens with one attached hydrogen (secondary N) is 1. The summed E-state index contributed by atoms with van der Waals surface area (Å²) in [7, 11) is 0. The lowest BCUT2D eigenvalue weighted by Gasteiger charge is -2.36. The van der Waals surface area contributed by atoms with E-state index in [0.717, 1.165) is 4.90 Å². The molecule has 1 aliphatic heterocycles. The van der Waals surface area contributed by atoms with E-state index in [1.807, 2.05) is 18.4 Å². The van der Waals surface area contributed by atoms with Crippen molar-refractivity contribution in [2.24, 2.45) is 0 Å². The van der Waals surface area contributed by atoms with E-state index in [1.165, 1.54) is 0 Å². The lowest BCUT2D eigenvalue weighted by molar-refractivity contribution is -0.139. The molecule has 0 saturated carbocycles. The highest BCUT2D eigenvalue weighted by Gasteiger charge is 2.36. The van der Waals surface area contributed by atoms with Gasteiger partial charge in [0.15, 0.2) is 0 Å². The van der Waals surface area contributed by atoms with E-state index in [2.05, 4.69) is 5.32 Å². The minimum Gasteiger partial charge on any atom is -0.481 e. The second-order valence-electron chi connectivity index (χ2n) is 5.15. The second-order valence-corrected chi connectivity index (χ2v) is 6.03. The highest BCUT2D eigenvalue weighted by Crippen LogP contribution is 2.25. The van der Waals surface area contributed by atoms with Gasteiger partial charge in [0.25, 0.3) is 5.91 Å². The van der Waals surface area contributed by atoms with Crippen LogP contribution in [0.15, 0.2) is 29.2 Å². The predicted molar refractivity (Wildman–Crippen MR) is 80.7 cm³/mol. The van der Waals surface area contributed by atoms with Gasteiger partial charge < -0.3 is 15.2 Å². The number of hydrogen-bond donors (Lipinski definition) is 2. The summed E-state index contributed by atoms with van der Waals surface area (Å²) in [6.07, 6.45) is 2.94. The number of carboxylic acids is 1. The summed E-state index contributed by atoms with van der Waals surface area (Å²) in [6, 6.07) is 7.28. The monoisotopic (exact) mass is 309 g/mol. The first kappa shape index (κ1) is 15.9. The highest BCUT2D eigenvalue weighted by molar-refractivity contribution is 7.98. The third-order valence-corrected chi connectivity index (χ3v) is 4.41. The molecule has 1 saturated heterocycles. The summed E-state index contributed by atoms with van der Waals surface area (Å²) in [6.45, 7) is 0.942. The first-order valence-corrected chi connectivity index (χ1v) is 8.03. The number of rotatable bonds is 5. The Labute approximate surface area is 128 Å². The number of hydrogen-bond acceptors (Lipinski definition) is 4. The van der Waals surface area contributed by atoms with Crippen LogP contribution < -0.4 is 5.32 Å². The Morgan fingerprint density at radius 1 is 1.29 bits per heavy atom. The van der Waals surface area contributed by atoms with Crippen LogP contribution in [0.1, 0.15) is 29.6 Å². The lowest BCUT2D eigenvalue weighted by Crippen LogP contribution is -2.53. The van der Waals surface area contributed by atoms with Gasteiger partial charge in [-0.3, -0.25) is 9.59 Å². The zero-order valence-corrected chi connectivity index (χ0v) is 12.7. The van der Waals surface area contributed by atoms with Crippen molar-refractivity contribution < 1.29 is 19.4 Å². The van der Waals surface area contributed by atoms with Crippen molar-refractivity contribution in [3.05, 3.63) is 29.8 Å². The Morgan fingerprint density at radius 2 is 1.90 bits per heavy atom. The molecule has 5 nitrogen and oxygen atoms in total. The predicted octanol–water partition coefficient (Wildman–Crippen LogP) is 2.16. The van der Waals surface area contributed by atoms with Crippen molar-refractivity contribution in [3.63, 3.8) is 0 Å². The van der Waals surface area contributed by atoms with Crippen molar-refractivity contribution in [1.82, 2.24) is 5.32 Å². The largest absolute Gasteiger partial charge is 0.481 e. The van der Waals surface area contributed by atoms with Crippen LogP contribution in [-0.4, -0.2) is 42.0 Å². The molecule has 0 bridgehead atoms. The molecule has 1 fully saturated rings. The first-order chi connectivity index (χ1) is 10.0. The lowest BCUT2D eigenvalue weighted by atomic mass is 9.86. The van der Waals surface area contributed by atoms with Crippen LogP contribution in [0.25, 0.3) is 0 Å². The van der Waals surface area contributed by atoms with Gasteiger partial charge in [0.2, 0.25) is 0 Å². The Bertz CT molecular complexity index is 509. The van der Waals surface area contributed by atoms with E-state index in [-0.39, 0.29) is 12.3 Å². The zero-order chi connectivity index (χ0) is 15.3. The summed E-state index contributed by atoms with van der Waals surface area (Å²) in [5, 5.41) is 12.0. The number of amides is 1. The Hall–Kier alpha value is -1.53. The van der Waals surface area contributed by atoms with Gasteiger partial charge in [0, 0.05) is 23.7 Å². The quantitative estimate of drug-likeness (QED) is 0.815. The smallest absolute Gasteiger partial charge is 0.305 e. The third-order valence-electron chi connectivity index (χ3n) is 3.67. The summed E-state index contributed by atoms with van der Waals surface area (Å²) in [4.78, 5) is 24.5. The number of carboxylic acid groups (broad SMARTS) is 1. The number of aliphatic carboxylic acids is 1. The maximum atomic E-state index is 12.3. The van der Waals surface area contributed by atoms with Gasteiger partial charge in [0.1, 0.15) is 0 Å². The van der Waals surface area contributed by atoms with Crippen LogP contribution in [0.2, 0.25) is 0 Å². The average molecular weight is 309 g/mol. The number of thioether (sulfide) groups is 1. The Balaban J connectivity index is 2.11. The maximum Gasteiger partial charge on any atom is 0.305 e. The van der Waals surface area contributed by atoms with E-state index >= 15 is 0 Å². The minimum absolute atomic E-state index is 0.0784. The molecule has 21 heavy (non-hydrogen) atoms. The fraction of sp³-hybridized carbons (Fsp3) is 0.467. The summed E-state index contributed by atoms with van der Waals surface area (Å²) < 4.78 is 5.28. The van der Waals surface area contributed by atoms with Crippen LogP contribution >= 0.6 is 11.8 Å². The summed E-state index contributed by atoms with van der Waals surface area (Å²) >= 11 is 1.61. The van der Waals surface area contributed by atoms with Gasteiger partial charge in [0.05, 0.1) is 12.0 Å². The maximum absolute atomic E-state index is 12.3. The van der Waals surface area contributed by atoms with Crippen molar-refractivity contribution >= 4 is 23.6 Å². The molecule has 1 amide bonds. The molecule has 2 rings (SSSR count). The van der Waals surface area contributed by atoms with Crippen LogP contribution in [0.4, 0.5) is 0 Å². The first-order valence-electron chi connectivity index (χ1n) is 6.81. The van der Waals surface area contributed by atoms with E-state index in [0.29, 0.717) is 31.6 Å². The van der Waals surface area contributed by atoms with E-state index in [4.69, 9.17) is 9.84 Å². The minimum atomic E-state index is -0.907. The standard InChI is InChI=1S/C15H19NO4S/c1-21-12-4-2-11(3-5-12)14(19)16-15(10-13(17)18)6-8-20-9-7-15/h2-5H,6-10H2,1H3,(H,16,19)(H,17,18). The molecule has 0 aliphatic carbocycles. The van der Waals surface area contributed by atoms with Gasteiger partial charge in [-0.05, 0) is 43.4 Å². The highest BCUT2D eigenvalue weighted by atomic mass is 32.2. The molecule has 1 aromatic rings. The number of benzene rings is 1. The summed E-state index contributed by atoms with van der Waals surface area (Å²) in [5.41, 5.74) is -0.164. The zero-order valence-electron chi connectivity index (χ0n) is 11.9. The van der Waals surface area contributed by atoms with Gasteiger partial charge >= 0.3 is 5.97 Å². The van der Waals surface area contributed by atoms with Gasteiger partial charge in [-0.15, -0.1) is 11.8 Å². The number of carbonyl (C=O) groups is 2. The van der Waals surface area contributed by atoms with Crippen LogP contribution in [0, 0.1) is 0 Å². The van der Waals surface area contributed by atoms with Gasteiger partial charge in [-0.25, -0.2) is 0 Å². The molecular formula is C15H19NO4S. The van der Waals surface area contributed by atoms with Crippen molar-refractivity contribution in [2.75, 3.05) is 19.5 Å². The molecule has 1 heterocycles. The fourth-order valence-corrected chi connectivity index (χ4v) is 2.86. The molecule has 6 heteroatoms. The van der Waals surface area contributed by atoms with Gasteiger partial charge in [-0.2, -0.15) is 0 Å².